The van der Waals surface area contributed by atoms with E-state index in [4.69, 9.17) is 20.9 Å². The first-order valence-electron chi connectivity index (χ1n) is 9.17. The molecule has 11 heteroatoms. The van der Waals surface area contributed by atoms with Crippen LogP contribution >= 0.6 is 11.6 Å². The number of anilines is 1. The lowest BCUT2D eigenvalue weighted by Gasteiger charge is -2.36. The van der Waals surface area contributed by atoms with Crippen LogP contribution in [0.3, 0.4) is 0 Å². The zero-order chi connectivity index (χ0) is 19.6. The molecule has 28 heavy (non-hydrogen) atoms. The predicted octanol–water partition coefficient (Wildman–Crippen LogP) is 1.01. The quantitative estimate of drug-likeness (QED) is 0.703. The number of hydrogen-bond acceptors (Lipinski definition) is 7. The first kappa shape index (κ1) is 19.6. The van der Waals surface area contributed by atoms with Crippen molar-refractivity contribution in [2.24, 2.45) is 0 Å². The summed E-state index contributed by atoms with van der Waals surface area (Å²) in [4.78, 5) is 6.36. The molecule has 0 aliphatic carbocycles. The standard InChI is InChI=1S/C17H22ClN5O4S/c18-15-3-1-2-14(12-15)13-16-19-17(27-20-16)21-4-6-22(7-5-21)28(24,25)23-8-10-26-11-9-23/h1-3,12H,4-11,13H2. The summed E-state index contributed by atoms with van der Waals surface area (Å²) < 4.78 is 39.1. The van der Waals surface area contributed by atoms with Gasteiger partial charge in [-0.25, -0.2) is 0 Å². The first-order valence-corrected chi connectivity index (χ1v) is 10.9. The molecule has 0 radical (unpaired) electrons. The molecule has 4 rings (SSSR count). The summed E-state index contributed by atoms with van der Waals surface area (Å²) in [7, 11) is -3.45. The zero-order valence-corrected chi connectivity index (χ0v) is 16.9. The van der Waals surface area contributed by atoms with E-state index in [2.05, 4.69) is 10.1 Å². The first-order chi connectivity index (χ1) is 13.5. The van der Waals surface area contributed by atoms with Crippen LogP contribution in [0.15, 0.2) is 28.8 Å². The summed E-state index contributed by atoms with van der Waals surface area (Å²) in [6.45, 7) is 3.45. The molecule has 9 nitrogen and oxygen atoms in total. The van der Waals surface area contributed by atoms with E-state index in [1.54, 1.807) is 0 Å². The number of ether oxygens (including phenoxy) is 1. The molecular formula is C17H22ClN5O4S. The van der Waals surface area contributed by atoms with Crippen LogP contribution in [0.5, 0.6) is 0 Å². The SMILES string of the molecule is O=S(=O)(N1CCOCC1)N1CCN(c2nc(Cc3cccc(Cl)c3)no2)CC1. The number of aromatic nitrogens is 2. The Balaban J connectivity index is 1.36. The van der Waals surface area contributed by atoms with E-state index in [-0.39, 0.29) is 0 Å². The summed E-state index contributed by atoms with van der Waals surface area (Å²) in [6, 6.07) is 7.94. The lowest BCUT2D eigenvalue weighted by molar-refractivity contribution is 0.0700. The van der Waals surface area contributed by atoms with E-state index in [1.807, 2.05) is 29.2 Å². The van der Waals surface area contributed by atoms with Crippen molar-refractivity contribution in [1.82, 2.24) is 18.8 Å². The molecule has 1 aromatic heterocycles. The molecule has 2 aromatic rings. The zero-order valence-electron chi connectivity index (χ0n) is 15.3. The fraction of sp³-hybridized carbons (Fsp3) is 0.529. The highest BCUT2D eigenvalue weighted by atomic mass is 35.5. The van der Waals surface area contributed by atoms with Crippen molar-refractivity contribution in [2.45, 2.75) is 6.42 Å². The van der Waals surface area contributed by atoms with Gasteiger partial charge in [0.2, 0.25) is 0 Å². The molecule has 0 bridgehead atoms. The second kappa shape index (κ2) is 8.34. The normalized spacial score (nSPS) is 19.8. The summed E-state index contributed by atoms with van der Waals surface area (Å²) in [5.41, 5.74) is 1.00. The van der Waals surface area contributed by atoms with Crippen LogP contribution in [0.1, 0.15) is 11.4 Å². The fourth-order valence-corrected chi connectivity index (χ4v) is 5.10. The van der Waals surface area contributed by atoms with Crippen LogP contribution in [0.4, 0.5) is 6.01 Å². The summed E-state index contributed by atoms with van der Waals surface area (Å²) in [6.07, 6.45) is 0.523. The highest BCUT2D eigenvalue weighted by molar-refractivity contribution is 7.86. The third-order valence-corrected chi connectivity index (χ3v) is 7.11. The number of hydrogen-bond donors (Lipinski definition) is 0. The van der Waals surface area contributed by atoms with Crippen molar-refractivity contribution in [3.63, 3.8) is 0 Å². The van der Waals surface area contributed by atoms with E-state index in [1.165, 1.54) is 8.61 Å². The Morgan fingerprint density at radius 2 is 1.75 bits per heavy atom. The average Bonchev–Trinajstić information content (AvgIpc) is 3.17. The van der Waals surface area contributed by atoms with E-state index in [9.17, 15) is 8.42 Å². The lowest BCUT2D eigenvalue weighted by Crippen LogP contribution is -2.55. The smallest absolute Gasteiger partial charge is 0.324 e. The maximum Gasteiger partial charge on any atom is 0.324 e. The van der Waals surface area contributed by atoms with Crippen LogP contribution in [-0.4, -0.2) is 79.7 Å². The molecule has 0 amide bonds. The van der Waals surface area contributed by atoms with E-state index >= 15 is 0 Å². The minimum atomic E-state index is -3.45. The van der Waals surface area contributed by atoms with Gasteiger partial charge in [0.15, 0.2) is 5.82 Å². The summed E-state index contributed by atoms with van der Waals surface area (Å²) >= 11 is 6.01. The highest BCUT2D eigenvalue weighted by Crippen LogP contribution is 2.19. The summed E-state index contributed by atoms with van der Waals surface area (Å²) in [5.74, 6) is 0.570. The fourth-order valence-electron chi connectivity index (χ4n) is 3.33. The Hall–Kier alpha value is -1.72. The van der Waals surface area contributed by atoms with Gasteiger partial charge in [0.1, 0.15) is 0 Å². The van der Waals surface area contributed by atoms with Gasteiger partial charge in [0.05, 0.1) is 13.2 Å². The molecule has 3 heterocycles. The Bertz CT molecular complexity index is 908. The summed E-state index contributed by atoms with van der Waals surface area (Å²) in [5, 5.41) is 4.70. The molecule has 2 aliphatic rings. The Labute approximate surface area is 169 Å². The minimum absolute atomic E-state index is 0.381. The number of piperazine rings is 1. The topological polar surface area (TPSA) is 92.0 Å². The molecule has 0 atom stereocenters. The molecule has 2 fully saturated rings. The van der Waals surface area contributed by atoms with Gasteiger partial charge in [0, 0.05) is 50.7 Å². The molecule has 2 saturated heterocycles. The van der Waals surface area contributed by atoms with Crippen molar-refractivity contribution in [1.29, 1.82) is 0 Å². The van der Waals surface area contributed by atoms with Gasteiger partial charge in [-0.2, -0.15) is 22.0 Å². The number of nitrogens with zero attached hydrogens (tertiary/aromatic N) is 5. The number of morpholine rings is 1. The maximum absolute atomic E-state index is 12.7. The molecule has 0 unspecified atom stereocenters. The van der Waals surface area contributed by atoms with Crippen molar-refractivity contribution >= 4 is 27.8 Å². The van der Waals surface area contributed by atoms with E-state index < -0.39 is 10.2 Å². The van der Waals surface area contributed by atoms with Gasteiger partial charge in [-0.15, -0.1) is 0 Å². The third kappa shape index (κ3) is 4.31. The second-order valence-electron chi connectivity index (χ2n) is 6.71. The van der Waals surface area contributed by atoms with Gasteiger partial charge in [-0.05, 0) is 17.7 Å². The third-order valence-electron chi connectivity index (χ3n) is 4.84. The van der Waals surface area contributed by atoms with Gasteiger partial charge in [-0.3, -0.25) is 0 Å². The van der Waals surface area contributed by atoms with Gasteiger partial charge < -0.3 is 14.2 Å². The number of halogens is 1. The van der Waals surface area contributed by atoms with E-state index in [0.717, 1.165) is 5.56 Å². The van der Waals surface area contributed by atoms with Crippen molar-refractivity contribution in [3.8, 4) is 0 Å². The van der Waals surface area contributed by atoms with Crippen LogP contribution in [-0.2, 0) is 21.4 Å². The molecule has 0 N–H and O–H groups in total. The molecule has 2 aliphatic heterocycles. The van der Waals surface area contributed by atoms with E-state index in [0.29, 0.717) is 75.8 Å². The largest absolute Gasteiger partial charge is 0.379 e. The predicted molar refractivity (Wildman–Crippen MR) is 104 cm³/mol. The molecule has 0 spiro atoms. The lowest BCUT2D eigenvalue weighted by atomic mass is 10.1. The van der Waals surface area contributed by atoms with Gasteiger partial charge >= 0.3 is 6.01 Å². The molecule has 1 aromatic carbocycles. The van der Waals surface area contributed by atoms with Crippen LogP contribution in [0.2, 0.25) is 5.02 Å². The minimum Gasteiger partial charge on any atom is -0.379 e. The monoisotopic (exact) mass is 427 g/mol. The van der Waals surface area contributed by atoms with Crippen molar-refractivity contribution < 1.29 is 17.7 Å². The Kier molecular flexibility index (Phi) is 5.83. The highest BCUT2D eigenvalue weighted by Gasteiger charge is 2.34. The van der Waals surface area contributed by atoms with Crippen LogP contribution in [0, 0.1) is 0 Å². The molecular weight excluding hydrogens is 406 g/mol. The van der Waals surface area contributed by atoms with Crippen molar-refractivity contribution in [2.75, 3.05) is 57.4 Å². The van der Waals surface area contributed by atoms with Crippen molar-refractivity contribution in [3.05, 3.63) is 40.7 Å². The maximum atomic E-state index is 12.7. The number of rotatable bonds is 5. The Morgan fingerprint density at radius 1 is 1.04 bits per heavy atom. The average molecular weight is 428 g/mol. The molecule has 0 saturated carbocycles. The molecule has 152 valence electrons. The Morgan fingerprint density at radius 3 is 2.46 bits per heavy atom. The second-order valence-corrected chi connectivity index (χ2v) is 9.07. The van der Waals surface area contributed by atoms with Crippen LogP contribution < -0.4 is 4.90 Å². The number of benzene rings is 1. The van der Waals surface area contributed by atoms with Gasteiger partial charge in [0.25, 0.3) is 10.2 Å². The van der Waals surface area contributed by atoms with Crippen LogP contribution in [0.25, 0.3) is 0 Å². The van der Waals surface area contributed by atoms with Gasteiger partial charge in [-0.1, -0.05) is 28.9 Å².